The fourth-order valence-electron chi connectivity index (χ4n) is 3.43. The van der Waals surface area contributed by atoms with Crippen LogP contribution in [-0.2, 0) is 9.53 Å². The predicted molar refractivity (Wildman–Crippen MR) is 97.7 cm³/mol. The molecule has 0 bridgehead atoms. The number of ketones is 1. The second-order valence-corrected chi connectivity index (χ2v) is 8.21. The van der Waals surface area contributed by atoms with Crippen LogP contribution in [-0.4, -0.2) is 29.5 Å². The smallest absolute Gasteiger partial charge is 0.138 e. The third-order valence-corrected chi connectivity index (χ3v) is 5.70. The average Bonchev–Trinajstić information content (AvgIpc) is 2.47. The summed E-state index contributed by atoms with van der Waals surface area (Å²) in [4.78, 5) is 12.6. The topological polar surface area (TPSA) is 26.3 Å². The van der Waals surface area contributed by atoms with Gasteiger partial charge in [-0.05, 0) is 43.4 Å². The zero-order valence-corrected chi connectivity index (χ0v) is 15.8. The van der Waals surface area contributed by atoms with E-state index in [9.17, 15) is 4.79 Å². The third kappa shape index (κ3) is 7.06. The first-order valence-electron chi connectivity index (χ1n) is 8.63. The van der Waals surface area contributed by atoms with E-state index in [4.69, 9.17) is 16.3 Å². The van der Waals surface area contributed by atoms with Crippen LogP contribution in [0.5, 0.6) is 0 Å². The number of carbonyl (C=O) groups is 1. The van der Waals surface area contributed by atoms with E-state index in [1.807, 2.05) is 11.8 Å². The molecule has 0 amide bonds. The Kier molecular flexibility index (Phi) is 10.5. The number of Topliss-reactive ketones (excluding diaryl/α,β-unsaturated/α-hetero) is 1. The molecule has 0 N–H and O–H groups in total. The molecule has 0 radical (unpaired) electrons. The third-order valence-electron chi connectivity index (χ3n) is 4.42. The Labute approximate surface area is 145 Å². The Morgan fingerprint density at radius 1 is 1.41 bits per heavy atom. The molecule has 0 aromatic heterocycles. The summed E-state index contributed by atoms with van der Waals surface area (Å²) in [6.45, 7) is 7.14. The Morgan fingerprint density at radius 3 is 2.77 bits per heavy atom. The minimum atomic E-state index is 0.0637. The molecule has 1 fully saturated rings. The molecule has 22 heavy (non-hydrogen) atoms. The van der Waals surface area contributed by atoms with E-state index in [0.29, 0.717) is 23.6 Å². The van der Waals surface area contributed by atoms with Gasteiger partial charge in [-0.2, -0.15) is 11.8 Å². The lowest BCUT2D eigenvalue weighted by molar-refractivity contribution is -0.132. The molecular formula is C18H31ClO2S. The standard InChI is InChI=1S/C18H31ClO2S/c1-4-7-18(21-11-6-10-19)16-9-8-15(13-17(16)20)12-14(3)22-5-2/h6,10,14-16,18H,4-5,7-9,11-13H2,1-3H3. The Bertz CT molecular complexity index is 346. The van der Waals surface area contributed by atoms with E-state index in [0.717, 1.165) is 31.4 Å². The van der Waals surface area contributed by atoms with Gasteiger partial charge in [0.15, 0.2) is 0 Å². The van der Waals surface area contributed by atoms with Crippen LogP contribution in [0.3, 0.4) is 0 Å². The summed E-state index contributed by atoms with van der Waals surface area (Å²) < 4.78 is 5.89. The quantitative estimate of drug-likeness (QED) is 0.526. The minimum Gasteiger partial charge on any atom is -0.373 e. The van der Waals surface area contributed by atoms with Gasteiger partial charge in [0, 0.05) is 23.1 Å². The van der Waals surface area contributed by atoms with E-state index < -0.39 is 0 Å². The zero-order valence-electron chi connectivity index (χ0n) is 14.2. The van der Waals surface area contributed by atoms with Crippen LogP contribution in [0.25, 0.3) is 0 Å². The van der Waals surface area contributed by atoms with Crippen LogP contribution < -0.4 is 0 Å². The maximum Gasteiger partial charge on any atom is 0.138 e. The maximum absolute atomic E-state index is 12.6. The van der Waals surface area contributed by atoms with Crippen LogP contribution in [0.1, 0.15) is 59.3 Å². The summed E-state index contributed by atoms with van der Waals surface area (Å²) >= 11 is 7.54. The monoisotopic (exact) mass is 346 g/mol. The summed E-state index contributed by atoms with van der Waals surface area (Å²) in [6, 6.07) is 0. The van der Waals surface area contributed by atoms with Crippen molar-refractivity contribution in [3.05, 3.63) is 11.6 Å². The van der Waals surface area contributed by atoms with E-state index in [1.54, 1.807) is 6.08 Å². The van der Waals surface area contributed by atoms with Gasteiger partial charge in [0.05, 0.1) is 12.7 Å². The molecule has 1 saturated carbocycles. The van der Waals surface area contributed by atoms with Crippen molar-refractivity contribution in [3.63, 3.8) is 0 Å². The van der Waals surface area contributed by atoms with Crippen molar-refractivity contribution in [2.75, 3.05) is 12.4 Å². The molecule has 2 nitrogen and oxygen atoms in total. The average molecular weight is 347 g/mol. The van der Waals surface area contributed by atoms with Crippen molar-refractivity contribution in [3.8, 4) is 0 Å². The lowest BCUT2D eigenvalue weighted by Crippen LogP contribution is -2.36. The van der Waals surface area contributed by atoms with Gasteiger partial charge >= 0.3 is 0 Å². The summed E-state index contributed by atoms with van der Waals surface area (Å²) in [5.41, 5.74) is 1.48. The molecule has 1 aliphatic carbocycles. The van der Waals surface area contributed by atoms with E-state index in [-0.39, 0.29) is 12.0 Å². The van der Waals surface area contributed by atoms with Gasteiger partial charge in [0.25, 0.3) is 0 Å². The largest absolute Gasteiger partial charge is 0.373 e. The van der Waals surface area contributed by atoms with Crippen molar-refractivity contribution >= 4 is 29.1 Å². The normalized spacial score (nSPS) is 25.5. The number of thioether (sulfide) groups is 1. The van der Waals surface area contributed by atoms with Crippen molar-refractivity contribution in [2.24, 2.45) is 11.8 Å². The number of ether oxygens (including phenoxy) is 1. The number of halogens is 1. The van der Waals surface area contributed by atoms with Gasteiger partial charge in [-0.1, -0.05) is 38.8 Å². The van der Waals surface area contributed by atoms with Gasteiger partial charge in [0.2, 0.25) is 0 Å². The molecule has 0 heterocycles. The number of rotatable bonds is 10. The Hall–Kier alpha value is 0.01000. The summed E-state index contributed by atoms with van der Waals surface area (Å²) in [7, 11) is 0. The number of hydrogen-bond donors (Lipinski definition) is 0. The lowest BCUT2D eigenvalue weighted by atomic mass is 9.76. The number of carbonyl (C=O) groups excluding carboxylic acids is 1. The highest BCUT2D eigenvalue weighted by Crippen LogP contribution is 2.34. The minimum absolute atomic E-state index is 0.0637. The Morgan fingerprint density at radius 2 is 2.18 bits per heavy atom. The van der Waals surface area contributed by atoms with E-state index >= 15 is 0 Å². The molecule has 1 aliphatic rings. The van der Waals surface area contributed by atoms with Crippen LogP contribution in [0.2, 0.25) is 0 Å². The fraction of sp³-hybridized carbons (Fsp3) is 0.833. The first-order valence-corrected chi connectivity index (χ1v) is 10.1. The Balaban J connectivity index is 2.50. The maximum atomic E-state index is 12.6. The van der Waals surface area contributed by atoms with Crippen molar-refractivity contribution in [1.29, 1.82) is 0 Å². The van der Waals surface area contributed by atoms with Gasteiger partial charge in [0.1, 0.15) is 5.78 Å². The molecule has 4 atom stereocenters. The second-order valence-electron chi connectivity index (χ2n) is 6.24. The molecule has 128 valence electrons. The van der Waals surface area contributed by atoms with Gasteiger partial charge in [-0.3, -0.25) is 4.79 Å². The van der Waals surface area contributed by atoms with E-state index in [2.05, 4.69) is 20.8 Å². The summed E-state index contributed by atoms with van der Waals surface area (Å²) in [5, 5.41) is 0.663. The van der Waals surface area contributed by atoms with Gasteiger partial charge in [-0.15, -0.1) is 0 Å². The van der Waals surface area contributed by atoms with Crippen LogP contribution in [0.4, 0.5) is 0 Å². The molecule has 0 aromatic rings. The van der Waals surface area contributed by atoms with E-state index in [1.165, 1.54) is 18.4 Å². The zero-order chi connectivity index (χ0) is 16.4. The van der Waals surface area contributed by atoms with Crippen LogP contribution in [0, 0.1) is 11.8 Å². The molecule has 0 spiro atoms. The predicted octanol–water partition coefficient (Wildman–Crippen LogP) is 5.44. The lowest BCUT2D eigenvalue weighted by Gasteiger charge is -2.33. The molecule has 0 aliphatic heterocycles. The molecule has 0 saturated heterocycles. The van der Waals surface area contributed by atoms with Gasteiger partial charge < -0.3 is 4.74 Å². The van der Waals surface area contributed by atoms with Crippen LogP contribution >= 0.6 is 23.4 Å². The summed E-state index contributed by atoms with van der Waals surface area (Å²) in [6.07, 6.45) is 7.94. The highest BCUT2D eigenvalue weighted by Gasteiger charge is 2.34. The SMILES string of the molecule is CCCC(OCC=CCl)C1CCC(CC(C)SCC)CC1=O. The van der Waals surface area contributed by atoms with Crippen molar-refractivity contribution in [1.82, 2.24) is 0 Å². The summed E-state index contributed by atoms with van der Waals surface area (Å²) in [5.74, 6) is 2.24. The first kappa shape index (κ1) is 20.1. The molecule has 1 rings (SSSR count). The molecule has 0 aromatic carbocycles. The second kappa shape index (κ2) is 11.5. The highest BCUT2D eigenvalue weighted by atomic mass is 35.5. The van der Waals surface area contributed by atoms with Crippen LogP contribution in [0.15, 0.2) is 11.6 Å². The van der Waals surface area contributed by atoms with Crippen molar-refractivity contribution < 1.29 is 9.53 Å². The number of hydrogen-bond acceptors (Lipinski definition) is 3. The first-order chi connectivity index (χ1) is 10.6. The molecular weight excluding hydrogens is 316 g/mol. The molecule has 4 unspecified atom stereocenters. The van der Waals surface area contributed by atoms with Crippen molar-refractivity contribution in [2.45, 2.75) is 70.7 Å². The van der Waals surface area contributed by atoms with Gasteiger partial charge in [-0.25, -0.2) is 0 Å². The highest BCUT2D eigenvalue weighted by molar-refractivity contribution is 7.99. The fourth-order valence-corrected chi connectivity index (χ4v) is 4.48. The molecule has 4 heteroatoms.